The van der Waals surface area contributed by atoms with E-state index in [-0.39, 0.29) is 11.9 Å². The summed E-state index contributed by atoms with van der Waals surface area (Å²) in [5, 5.41) is 2.94. The van der Waals surface area contributed by atoms with Gasteiger partial charge in [0.2, 0.25) is 0 Å². The lowest BCUT2D eigenvalue weighted by molar-refractivity contribution is -0.123. The van der Waals surface area contributed by atoms with E-state index in [1.165, 1.54) is 4.90 Å². The number of urea groups is 1. The number of rotatable bonds is 2. The molecule has 2 fully saturated rings. The number of imide groups is 1. The van der Waals surface area contributed by atoms with E-state index in [1.807, 2.05) is 18.2 Å². The van der Waals surface area contributed by atoms with Crippen LogP contribution in [0.1, 0.15) is 38.2 Å². The summed E-state index contributed by atoms with van der Waals surface area (Å²) in [6.45, 7) is 2.53. The lowest BCUT2D eigenvalue weighted by Crippen LogP contribution is -2.50. The van der Waals surface area contributed by atoms with Crippen LogP contribution in [0.15, 0.2) is 24.3 Å². The van der Waals surface area contributed by atoms with Gasteiger partial charge in [-0.3, -0.25) is 4.79 Å². The molecule has 112 valence electrons. The Morgan fingerprint density at radius 1 is 1.43 bits per heavy atom. The third-order valence-electron chi connectivity index (χ3n) is 4.56. The Kier molecular flexibility index (Phi) is 3.45. The maximum absolute atomic E-state index is 12.8. The molecule has 0 bridgehead atoms. The van der Waals surface area contributed by atoms with Crippen LogP contribution in [0.5, 0.6) is 0 Å². The van der Waals surface area contributed by atoms with Gasteiger partial charge in [-0.1, -0.05) is 31.9 Å². The first-order valence-corrected chi connectivity index (χ1v) is 7.51. The molecule has 2 atom stereocenters. The largest absolute Gasteiger partial charge is 0.329 e. The normalized spacial score (nSPS) is 29.0. The highest BCUT2D eigenvalue weighted by Gasteiger charge is 2.52. The van der Waals surface area contributed by atoms with E-state index in [1.54, 1.807) is 6.07 Å². The summed E-state index contributed by atoms with van der Waals surface area (Å²) in [5.41, 5.74) is 6.45. The zero-order valence-electron chi connectivity index (χ0n) is 12.3. The average Bonchev–Trinajstić information content (AvgIpc) is 2.69. The first-order chi connectivity index (χ1) is 10.1. The van der Waals surface area contributed by atoms with Crippen molar-refractivity contribution in [1.29, 1.82) is 0 Å². The number of nitrogens with one attached hydrogen (secondary N) is 1. The SMILES string of the molecule is CC1CCCC2(C1)NC(=O)N(c1cccc(CN)c1)C2=O. The van der Waals surface area contributed by atoms with Gasteiger partial charge in [0.05, 0.1) is 5.69 Å². The molecular weight excluding hydrogens is 266 g/mol. The van der Waals surface area contributed by atoms with Crippen LogP contribution < -0.4 is 16.0 Å². The van der Waals surface area contributed by atoms with Crippen LogP contribution in [-0.2, 0) is 11.3 Å². The van der Waals surface area contributed by atoms with Gasteiger partial charge in [-0.25, -0.2) is 9.69 Å². The molecule has 3 amide bonds. The van der Waals surface area contributed by atoms with E-state index >= 15 is 0 Å². The molecule has 2 unspecified atom stereocenters. The topological polar surface area (TPSA) is 75.4 Å². The van der Waals surface area contributed by atoms with Crippen LogP contribution in [0, 0.1) is 5.92 Å². The molecule has 1 saturated carbocycles. The van der Waals surface area contributed by atoms with Gasteiger partial charge in [-0.2, -0.15) is 0 Å². The van der Waals surface area contributed by atoms with Gasteiger partial charge >= 0.3 is 6.03 Å². The third kappa shape index (κ3) is 2.31. The highest BCUT2D eigenvalue weighted by atomic mass is 16.2. The van der Waals surface area contributed by atoms with Crippen LogP contribution in [0.4, 0.5) is 10.5 Å². The fourth-order valence-corrected chi connectivity index (χ4v) is 3.54. The molecule has 1 saturated heterocycles. The average molecular weight is 287 g/mol. The molecule has 3 N–H and O–H groups in total. The molecule has 1 aromatic rings. The maximum Gasteiger partial charge on any atom is 0.329 e. The van der Waals surface area contributed by atoms with Crippen molar-refractivity contribution in [3.8, 4) is 0 Å². The number of benzene rings is 1. The number of hydrogen-bond donors (Lipinski definition) is 2. The second kappa shape index (κ2) is 5.15. The molecule has 3 rings (SSSR count). The molecule has 1 heterocycles. The number of amides is 3. The summed E-state index contributed by atoms with van der Waals surface area (Å²) in [6.07, 6.45) is 3.55. The van der Waals surface area contributed by atoms with E-state index in [9.17, 15) is 9.59 Å². The van der Waals surface area contributed by atoms with Gasteiger partial charge in [0.1, 0.15) is 5.54 Å². The molecule has 1 spiro atoms. The first kappa shape index (κ1) is 14.1. The van der Waals surface area contributed by atoms with Crippen LogP contribution in [0.3, 0.4) is 0 Å². The number of carbonyl (C=O) groups excluding carboxylic acids is 2. The first-order valence-electron chi connectivity index (χ1n) is 7.51. The summed E-state index contributed by atoms with van der Waals surface area (Å²) in [4.78, 5) is 26.5. The van der Waals surface area contributed by atoms with Crippen molar-refractivity contribution in [2.75, 3.05) is 4.90 Å². The molecular formula is C16H21N3O2. The highest BCUT2D eigenvalue weighted by molar-refractivity contribution is 6.23. The molecule has 1 aliphatic heterocycles. The number of anilines is 1. The van der Waals surface area contributed by atoms with Crippen molar-refractivity contribution in [2.24, 2.45) is 11.7 Å². The number of nitrogens with two attached hydrogens (primary N) is 1. The molecule has 1 aromatic carbocycles. The molecule has 5 heteroatoms. The fourth-order valence-electron chi connectivity index (χ4n) is 3.54. The van der Waals surface area contributed by atoms with E-state index in [0.29, 0.717) is 18.2 Å². The summed E-state index contributed by atoms with van der Waals surface area (Å²) in [5.74, 6) is 0.339. The van der Waals surface area contributed by atoms with Crippen molar-refractivity contribution < 1.29 is 9.59 Å². The predicted octanol–water partition coefficient (Wildman–Crippen LogP) is 2.15. The van der Waals surface area contributed by atoms with Gasteiger partial charge in [-0.15, -0.1) is 0 Å². The zero-order chi connectivity index (χ0) is 15.0. The predicted molar refractivity (Wildman–Crippen MR) is 80.7 cm³/mol. The van der Waals surface area contributed by atoms with Gasteiger partial charge in [0.25, 0.3) is 5.91 Å². The minimum absolute atomic E-state index is 0.117. The van der Waals surface area contributed by atoms with Gasteiger partial charge < -0.3 is 11.1 Å². The summed E-state index contributed by atoms with van der Waals surface area (Å²) >= 11 is 0. The lowest BCUT2D eigenvalue weighted by Gasteiger charge is -2.34. The Balaban J connectivity index is 1.93. The van der Waals surface area contributed by atoms with E-state index in [2.05, 4.69) is 12.2 Å². The number of carbonyl (C=O) groups is 2. The molecule has 0 radical (unpaired) electrons. The van der Waals surface area contributed by atoms with Crippen LogP contribution in [0.2, 0.25) is 0 Å². The van der Waals surface area contributed by atoms with Crippen molar-refractivity contribution >= 4 is 17.6 Å². The van der Waals surface area contributed by atoms with Crippen LogP contribution in [0.25, 0.3) is 0 Å². The molecule has 21 heavy (non-hydrogen) atoms. The van der Waals surface area contributed by atoms with Gasteiger partial charge in [-0.05, 0) is 36.5 Å². The zero-order valence-corrected chi connectivity index (χ0v) is 12.3. The Morgan fingerprint density at radius 3 is 2.95 bits per heavy atom. The van der Waals surface area contributed by atoms with E-state index in [4.69, 9.17) is 5.73 Å². The Bertz CT molecular complexity index is 587. The van der Waals surface area contributed by atoms with E-state index < -0.39 is 5.54 Å². The fraction of sp³-hybridized carbons (Fsp3) is 0.500. The smallest absolute Gasteiger partial charge is 0.326 e. The maximum atomic E-state index is 12.8. The van der Waals surface area contributed by atoms with Crippen molar-refractivity contribution in [2.45, 2.75) is 44.7 Å². The van der Waals surface area contributed by atoms with Gasteiger partial charge in [0.15, 0.2) is 0 Å². The Morgan fingerprint density at radius 2 is 2.24 bits per heavy atom. The Labute approximate surface area is 124 Å². The summed E-state index contributed by atoms with van der Waals surface area (Å²) in [6, 6.07) is 6.99. The lowest BCUT2D eigenvalue weighted by atomic mass is 9.76. The Hall–Kier alpha value is -1.88. The van der Waals surface area contributed by atoms with E-state index in [0.717, 1.165) is 31.2 Å². The minimum Gasteiger partial charge on any atom is -0.326 e. The summed E-state index contributed by atoms with van der Waals surface area (Å²) in [7, 11) is 0. The third-order valence-corrected chi connectivity index (χ3v) is 4.56. The van der Waals surface area contributed by atoms with Crippen LogP contribution >= 0.6 is 0 Å². The molecule has 5 nitrogen and oxygen atoms in total. The van der Waals surface area contributed by atoms with Crippen molar-refractivity contribution in [1.82, 2.24) is 5.32 Å². The molecule has 0 aromatic heterocycles. The monoisotopic (exact) mass is 287 g/mol. The van der Waals surface area contributed by atoms with Crippen LogP contribution in [-0.4, -0.2) is 17.5 Å². The second-order valence-corrected chi connectivity index (χ2v) is 6.23. The molecule has 1 aliphatic carbocycles. The minimum atomic E-state index is -0.701. The van der Waals surface area contributed by atoms with Crippen molar-refractivity contribution in [3.63, 3.8) is 0 Å². The summed E-state index contributed by atoms with van der Waals surface area (Å²) < 4.78 is 0. The second-order valence-electron chi connectivity index (χ2n) is 6.23. The number of nitrogens with zero attached hydrogens (tertiary/aromatic N) is 1. The van der Waals surface area contributed by atoms with Gasteiger partial charge in [0, 0.05) is 6.54 Å². The highest BCUT2D eigenvalue weighted by Crippen LogP contribution is 2.38. The standard InChI is InChI=1S/C16H21N3O2/c1-11-4-3-7-16(9-11)14(20)19(15(21)18-16)13-6-2-5-12(8-13)10-17/h2,5-6,8,11H,3-4,7,9-10,17H2,1H3,(H,18,21). The van der Waals surface area contributed by atoms with Crippen molar-refractivity contribution in [3.05, 3.63) is 29.8 Å². The quantitative estimate of drug-likeness (QED) is 0.818. The number of hydrogen-bond acceptors (Lipinski definition) is 3. The molecule has 2 aliphatic rings.